The number of rotatable bonds is 9. The van der Waals surface area contributed by atoms with Crippen LogP contribution in [0.1, 0.15) is 6.42 Å². The predicted molar refractivity (Wildman–Crippen MR) is 78.1 cm³/mol. The number of anilines is 1. The SMILES string of the molecule is BNc1nnc(SCC(O)COCCCS)s1. The number of nitrogens with zero attached hydrogens (tertiary/aromatic N) is 2. The van der Waals surface area contributed by atoms with E-state index in [0.717, 1.165) is 21.6 Å². The molecule has 0 amide bonds. The summed E-state index contributed by atoms with van der Waals surface area (Å²) < 4.78 is 6.14. The van der Waals surface area contributed by atoms with Gasteiger partial charge in [0.1, 0.15) is 0 Å². The molecule has 5 nitrogen and oxygen atoms in total. The Hall–Kier alpha value is 0.0449. The minimum atomic E-state index is -0.471. The summed E-state index contributed by atoms with van der Waals surface area (Å²) in [4.78, 5) is 0. The van der Waals surface area contributed by atoms with Crippen LogP contribution in [0.4, 0.5) is 5.13 Å². The highest BCUT2D eigenvalue weighted by molar-refractivity contribution is 8.01. The average Bonchev–Trinajstić information content (AvgIpc) is 2.80. The Kier molecular flexibility index (Phi) is 8.03. The van der Waals surface area contributed by atoms with Crippen molar-refractivity contribution in [2.24, 2.45) is 0 Å². The first kappa shape index (κ1) is 15.1. The summed E-state index contributed by atoms with van der Waals surface area (Å²) >= 11 is 7.04. The maximum atomic E-state index is 9.65. The van der Waals surface area contributed by atoms with Gasteiger partial charge in [-0.3, -0.25) is 0 Å². The molecular weight excluding hydrogens is 277 g/mol. The number of ether oxygens (including phenoxy) is 1. The van der Waals surface area contributed by atoms with E-state index in [9.17, 15) is 5.11 Å². The maximum Gasteiger partial charge on any atom is 0.217 e. The van der Waals surface area contributed by atoms with Gasteiger partial charge in [-0.1, -0.05) is 23.1 Å². The number of thiol groups is 1. The first-order valence-corrected chi connectivity index (χ1v) is 7.70. The molecule has 0 fully saturated rings. The van der Waals surface area contributed by atoms with Gasteiger partial charge < -0.3 is 15.1 Å². The molecule has 0 aliphatic heterocycles. The molecule has 1 aromatic heterocycles. The highest BCUT2D eigenvalue weighted by Gasteiger charge is 2.08. The summed E-state index contributed by atoms with van der Waals surface area (Å²) in [5, 5.41) is 21.2. The molecule has 0 aromatic carbocycles. The van der Waals surface area contributed by atoms with Crippen LogP contribution in [0.2, 0.25) is 0 Å². The number of nitrogens with one attached hydrogen (secondary N) is 1. The number of hydrogen-bond acceptors (Lipinski definition) is 8. The fraction of sp³-hybridized carbons (Fsp3) is 0.750. The fourth-order valence-corrected chi connectivity index (χ4v) is 2.74. The first-order chi connectivity index (χ1) is 8.26. The largest absolute Gasteiger partial charge is 0.410 e. The van der Waals surface area contributed by atoms with Crippen molar-refractivity contribution in [2.45, 2.75) is 16.9 Å². The number of aliphatic hydroxyl groups excluding tert-OH is 1. The van der Waals surface area contributed by atoms with Crippen molar-refractivity contribution in [2.75, 3.05) is 29.9 Å². The first-order valence-electron chi connectivity index (χ1n) is 5.27. The van der Waals surface area contributed by atoms with Gasteiger partial charge >= 0.3 is 0 Å². The molecule has 1 atom stereocenters. The number of thioether (sulfide) groups is 1. The van der Waals surface area contributed by atoms with Gasteiger partial charge in [0.25, 0.3) is 0 Å². The third kappa shape index (κ3) is 6.51. The molecule has 9 heteroatoms. The Morgan fingerprint density at radius 1 is 1.59 bits per heavy atom. The van der Waals surface area contributed by atoms with E-state index >= 15 is 0 Å². The van der Waals surface area contributed by atoms with Gasteiger partial charge in [0.2, 0.25) is 7.98 Å². The Bertz CT molecular complexity index is 316. The van der Waals surface area contributed by atoms with Crippen LogP contribution >= 0.6 is 35.7 Å². The zero-order valence-electron chi connectivity index (χ0n) is 9.63. The van der Waals surface area contributed by atoms with Gasteiger partial charge in [0.15, 0.2) is 9.47 Å². The molecule has 96 valence electrons. The van der Waals surface area contributed by atoms with Crippen molar-refractivity contribution in [3.8, 4) is 0 Å². The summed E-state index contributed by atoms with van der Waals surface area (Å²) in [5.41, 5.74) is 0. The van der Waals surface area contributed by atoms with Crippen LogP contribution in [0.3, 0.4) is 0 Å². The highest BCUT2D eigenvalue weighted by atomic mass is 32.2. The zero-order chi connectivity index (χ0) is 12.5. The lowest BCUT2D eigenvalue weighted by Crippen LogP contribution is -2.18. The van der Waals surface area contributed by atoms with E-state index in [1.54, 1.807) is 7.98 Å². The van der Waals surface area contributed by atoms with Crippen LogP contribution < -0.4 is 5.23 Å². The molecule has 1 rings (SSSR count). The van der Waals surface area contributed by atoms with Crippen LogP contribution in [-0.2, 0) is 4.74 Å². The van der Waals surface area contributed by atoms with E-state index in [-0.39, 0.29) is 0 Å². The summed E-state index contributed by atoms with van der Waals surface area (Å²) in [7, 11) is 1.80. The predicted octanol–water partition coefficient (Wildman–Crippen LogP) is 0.288. The van der Waals surface area contributed by atoms with E-state index in [4.69, 9.17) is 4.74 Å². The van der Waals surface area contributed by atoms with Crippen molar-refractivity contribution < 1.29 is 9.84 Å². The van der Waals surface area contributed by atoms with Crippen molar-refractivity contribution in [3.63, 3.8) is 0 Å². The minimum Gasteiger partial charge on any atom is -0.410 e. The quantitative estimate of drug-likeness (QED) is 0.263. The standard InChI is InChI=1S/C8H16BN3O2S3/c9-10-7-11-12-8(17-7)16-5-6(13)4-14-2-1-3-15/h6,13,15H,1-5,9H2,(H,10,11). The molecule has 1 aromatic rings. The molecule has 0 radical (unpaired) electrons. The van der Waals surface area contributed by atoms with Gasteiger partial charge in [0.05, 0.1) is 12.7 Å². The Morgan fingerprint density at radius 3 is 3.06 bits per heavy atom. The Balaban J connectivity index is 2.12. The third-order valence-electron chi connectivity index (χ3n) is 1.78. The van der Waals surface area contributed by atoms with Crippen molar-refractivity contribution in [1.82, 2.24) is 10.2 Å². The second kappa shape index (κ2) is 9.04. The Morgan fingerprint density at radius 2 is 2.41 bits per heavy atom. The van der Waals surface area contributed by atoms with Gasteiger partial charge in [-0.25, -0.2) is 0 Å². The summed E-state index contributed by atoms with van der Waals surface area (Å²) in [5.74, 6) is 1.38. The molecule has 0 bridgehead atoms. The molecule has 17 heavy (non-hydrogen) atoms. The number of hydrogen-bond donors (Lipinski definition) is 3. The lowest BCUT2D eigenvalue weighted by molar-refractivity contribution is 0.0493. The van der Waals surface area contributed by atoms with Gasteiger partial charge in [-0.15, -0.1) is 10.2 Å². The molecule has 0 saturated carbocycles. The van der Waals surface area contributed by atoms with Crippen molar-refractivity contribution in [1.29, 1.82) is 0 Å². The van der Waals surface area contributed by atoms with Gasteiger partial charge in [-0.2, -0.15) is 12.6 Å². The van der Waals surface area contributed by atoms with E-state index < -0.39 is 6.10 Å². The molecule has 0 aliphatic carbocycles. The van der Waals surface area contributed by atoms with Crippen LogP contribution in [0.15, 0.2) is 4.34 Å². The molecule has 1 heterocycles. The van der Waals surface area contributed by atoms with E-state index in [1.165, 1.54) is 23.1 Å². The van der Waals surface area contributed by atoms with Crippen molar-refractivity contribution in [3.05, 3.63) is 0 Å². The minimum absolute atomic E-state index is 0.360. The second-order valence-electron chi connectivity index (χ2n) is 3.24. The number of aromatic nitrogens is 2. The van der Waals surface area contributed by atoms with Gasteiger partial charge in [0, 0.05) is 12.4 Å². The highest BCUT2D eigenvalue weighted by Crippen LogP contribution is 2.25. The van der Waals surface area contributed by atoms with Crippen molar-refractivity contribution >= 4 is 48.8 Å². The summed E-state index contributed by atoms with van der Waals surface area (Å²) in [6.45, 7) is 1.01. The second-order valence-corrected chi connectivity index (χ2v) is 5.93. The molecule has 0 aliphatic rings. The monoisotopic (exact) mass is 293 g/mol. The molecular formula is C8H16BN3O2S3. The summed E-state index contributed by atoms with van der Waals surface area (Å²) in [6, 6.07) is 0. The molecule has 0 spiro atoms. The molecule has 2 N–H and O–H groups in total. The smallest absolute Gasteiger partial charge is 0.217 e. The molecule has 1 unspecified atom stereocenters. The van der Waals surface area contributed by atoms with Crippen LogP contribution in [0, 0.1) is 0 Å². The normalized spacial score (nSPS) is 12.6. The van der Waals surface area contributed by atoms with E-state index in [2.05, 4.69) is 28.1 Å². The van der Waals surface area contributed by atoms with Crippen LogP contribution in [0.5, 0.6) is 0 Å². The maximum absolute atomic E-state index is 9.65. The van der Waals surface area contributed by atoms with E-state index in [1.807, 2.05) is 0 Å². The molecule has 0 saturated heterocycles. The average molecular weight is 293 g/mol. The lowest BCUT2D eigenvalue weighted by Gasteiger charge is -2.09. The lowest BCUT2D eigenvalue weighted by atomic mass is 10.4. The Labute approximate surface area is 116 Å². The van der Waals surface area contributed by atoms with Crippen LogP contribution in [0.25, 0.3) is 0 Å². The van der Waals surface area contributed by atoms with Crippen LogP contribution in [-0.4, -0.2) is 54.1 Å². The summed E-state index contributed by atoms with van der Waals surface area (Å²) in [6.07, 6.45) is 0.437. The zero-order valence-corrected chi connectivity index (χ0v) is 12.2. The topological polar surface area (TPSA) is 67.3 Å². The van der Waals surface area contributed by atoms with E-state index in [0.29, 0.717) is 19.0 Å². The van der Waals surface area contributed by atoms with Gasteiger partial charge in [-0.05, 0) is 12.2 Å². The fourth-order valence-electron chi connectivity index (χ4n) is 0.971. The number of aliphatic hydroxyl groups is 1. The third-order valence-corrected chi connectivity index (χ3v) is 4.31.